The van der Waals surface area contributed by atoms with Crippen molar-refractivity contribution in [2.24, 2.45) is 0 Å². The highest BCUT2D eigenvalue weighted by atomic mass is 16.5. The van der Waals surface area contributed by atoms with Crippen LogP contribution in [0.5, 0.6) is 0 Å². The summed E-state index contributed by atoms with van der Waals surface area (Å²) in [6.45, 7) is 3.51. The van der Waals surface area contributed by atoms with Gasteiger partial charge in [-0.3, -0.25) is 0 Å². The van der Waals surface area contributed by atoms with E-state index in [1.807, 2.05) is 0 Å². The number of hydrogen-bond donors (Lipinski definition) is 1. The minimum absolute atomic E-state index is 0.300. The fraction of sp³-hybridized carbons (Fsp3) is 1.00. The molecule has 0 aromatic rings. The Morgan fingerprint density at radius 1 is 1.46 bits per heavy atom. The minimum Gasteiger partial charge on any atom is -0.396 e. The van der Waals surface area contributed by atoms with Crippen molar-refractivity contribution in [1.29, 1.82) is 0 Å². The average Bonchev–Trinajstić information content (AvgIpc) is 2.39. The topological polar surface area (TPSA) is 32.7 Å². The van der Waals surface area contributed by atoms with E-state index in [0.29, 0.717) is 12.7 Å². The SMILES string of the molecule is COC1CCCCN(CCCO)C1. The van der Waals surface area contributed by atoms with Crippen LogP contribution in [0.25, 0.3) is 0 Å². The molecular weight excluding hydrogens is 166 g/mol. The molecule has 3 nitrogen and oxygen atoms in total. The zero-order chi connectivity index (χ0) is 9.52. The van der Waals surface area contributed by atoms with Crippen molar-refractivity contribution in [1.82, 2.24) is 4.90 Å². The monoisotopic (exact) mass is 187 g/mol. The third-order valence-corrected chi connectivity index (χ3v) is 2.68. The molecule has 0 aliphatic carbocycles. The first kappa shape index (κ1) is 11.0. The summed E-state index contributed by atoms with van der Waals surface area (Å²) < 4.78 is 5.38. The van der Waals surface area contributed by atoms with E-state index in [0.717, 1.165) is 19.5 Å². The summed E-state index contributed by atoms with van der Waals surface area (Å²) in [4.78, 5) is 2.40. The maximum absolute atomic E-state index is 8.73. The Morgan fingerprint density at radius 3 is 3.00 bits per heavy atom. The molecule has 1 unspecified atom stereocenters. The predicted molar refractivity (Wildman–Crippen MR) is 52.8 cm³/mol. The van der Waals surface area contributed by atoms with Gasteiger partial charge in [0.2, 0.25) is 0 Å². The first-order chi connectivity index (χ1) is 6.36. The standard InChI is InChI=1S/C10H21NO2/c1-13-10-5-2-3-6-11(9-10)7-4-8-12/h10,12H,2-9H2,1H3. The molecule has 1 aliphatic heterocycles. The number of rotatable bonds is 4. The molecule has 0 saturated carbocycles. The first-order valence-corrected chi connectivity index (χ1v) is 5.23. The van der Waals surface area contributed by atoms with Crippen molar-refractivity contribution in [3.63, 3.8) is 0 Å². The Kier molecular flexibility index (Phi) is 5.35. The van der Waals surface area contributed by atoms with Gasteiger partial charge in [-0.25, -0.2) is 0 Å². The van der Waals surface area contributed by atoms with Crippen molar-refractivity contribution in [3.05, 3.63) is 0 Å². The summed E-state index contributed by atoms with van der Waals surface area (Å²) in [7, 11) is 1.79. The molecule has 1 rings (SSSR count). The number of aliphatic hydroxyl groups is 1. The predicted octanol–water partition coefficient (Wildman–Crippen LogP) is 0.870. The van der Waals surface area contributed by atoms with Crippen LogP contribution in [-0.2, 0) is 4.74 Å². The first-order valence-electron chi connectivity index (χ1n) is 5.23. The Bertz CT molecular complexity index is 130. The lowest BCUT2D eigenvalue weighted by molar-refractivity contribution is 0.0671. The summed E-state index contributed by atoms with van der Waals surface area (Å²) in [5.74, 6) is 0. The van der Waals surface area contributed by atoms with Gasteiger partial charge in [0.1, 0.15) is 0 Å². The average molecular weight is 187 g/mol. The van der Waals surface area contributed by atoms with E-state index in [1.54, 1.807) is 7.11 Å². The summed E-state index contributed by atoms with van der Waals surface area (Å²) in [5.41, 5.74) is 0. The third-order valence-electron chi connectivity index (χ3n) is 2.68. The summed E-state index contributed by atoms with van der Waals surface area (Å²) in [6.07, 6.45) is 5.02. The molecule has 0 bridgehead atoms. The van der Waals surface area contributed by atoms with Gasteiger partial charge in [0, 0.05) is 26.8 Å². The van der Waals surface area contributed by atoms with Gasteiger partial charge in [-0.05, 0) is 32.2 Å². The van der Waals surface area contributed by atoms with Crippen LogP contribution in [0, 0.1) is 0 Å². The maximum Gasteiger partial charge on any atom is 0.0698 e. The molecule has 0 amide bonds. The van der Waals surface area contributed by atoms with Gasteiger partial charge in [-0.15, -0.1) is 0 Å². The highest BCUT2D eigenvalue weighted by Gasteiger charge is 2.16. The largest absolute Gasteiger partial charge is 0.396 e. The molecule has 1 heterocycles. The maximum atomic E-state index is 8.73. The number of aliphatic hydroxyl groups excluding tert-OH is 1. The summed E-state index contributed by atoms with van der Waals surface area (Å²) in [6, 6.07) is 0. The van der Waals surface area contributed by atoms with Crippen LogP contribution in [0.4, 0.5) is 0 Å². The van der Waals surface area contributed by atoms with E-state index in [2.05, 4.69) is 4.90 Å². The minimum atomic E-state index is 0.300. The number of likely N-dealkylation sites (tertiary alicyclic amines) is 1. The van der Waals surface area contributed by atoms with Crippen LogP contribution in [-0.4, -0.2) is 49.5 Å². The van der Waals surface area contributed by atoms with Crippen molar-refractivity contribution < 1.29 is 9.84 Å². The fourth-order valence-electron chi connectivity index (χ4n) is 1.87. The Hall–Kier alpha value is -0.120. The van der Waals surface area contributed by atoms with E-state index < -0.39 is 0 Å². The number of ether oxygens (including phenoxy) is 1. The zero-order valence-electron chi connectivity index (χ0n) is 8.54. The van der Waals surface area contributed by atoms with Crippen molar-refractivity contribution >= 4 is 0 Å². The number of methoxy groups -OCH3 is 1. The van der Waals surface area contributed by atoms with Crippen molar-refractivity contribution in [3.8, 4) is 0 Å². The van der Waals surface area contributed by atoms with Crippen LogP contribution >= 0.6 is 0 Å². The lowest BCUT2D eigenvalue weighted by atomic mass is 10.2. The Labute approximate surface area is 80.7 Å². The Morgan fingerprint density at radius 2 is 2.31 bits per heavy atom. The molecule has 78 valence electrons. The Balaban J connectivity index is 2.26. The van der Waals surface area contributed by atoms with Crippen molar-refractivity contribution in [2.45, 2.75) is 31.8 Å². The highest BCUT2D eigenvalue weighted by Crippen LogP contribution is 2.12. The third kappa shape index (κ3) is 4.07. The molecule has 13 heavy (non-hydrogen) atoms. The van der Waals surface area contributed by atoms with Gasteiger partial charge in [0.05, 0.1) is 6.10 Å². The van der Waals surface area contributed by atoms with Gasteiger partial charge >= 0.3 is 0 Å². The van der Waals surface area contributed by atoms with Crippen molar-refractivity contribution in [2.75, 3.05) is 33.4 Å². The van der Waals surface area contributed by atoms with Crippen LogP contribution in [0.1, 0.15) is 25.7 Å². The lowest BCUT2D eigenvalue weighted by Gasteiger charge is -2.22. The molecule has 1 saturated heterocycles. The molecule has 1 aliphatic rings. The smallest absolute Gasteiger partial charge is 0.0698 e. The molecular formula is C10H21NO2. The highest BCUT2D eigenvalue weighted by molar-refractivity contribution is 4.70. The molecule has 0 radical (unpaired) electrons. The van der Waals surface area contributed by atoms with Crippen LogP contribution in [0.15, 0.2) is 0 Å². The summed E-state index contributed by atoms with van der Waals surface area (Å²) >= 11 is 0. The zero-order valence-corrected chi connectivity index (χ0v) is 8.54. The van der Waals surface area contributed by atoms with E-state index in [-0.39, 0.29) is 0 Å². The molecule has 0 aromatic heterocycles. The second-order valence-corrected chi connectivity index (χ2v) is 3.73. The second kappa shape index (κ2) is 6.35. The van der Waals surface area contributed by atoms with Gasteiger partial charge in [-0.1, -0.05) is 0 Å². The number of nitrogens with zero attached hydrogens (tertiary/aromatic N) is 1. The molecule has 0 aromatic carbocycles. The molecule has 3 heteroatoms. The fourth-order valence-corrected chi connectivity index (χ4v) is 1.87. The van der Waals surface area contributed by atoms with Gasteiger partial charge in [0.25, 0.3) is 0 Å². The van der Waals surface area contributed by atoms with Crippen LogP contribution in [0.3, 0.4) is 0 Å². The van der Waals surface area contributed by atoms with E-state index in [4.69, 9.17) is 9.84 Å². The van der Waals surface area contributed by atoms with Gasteiger partial charge < -0.3 is 14.7 Å². The van der Waals surface area contributed by atoms with Crippen LogP contribution < -0.4 is 0 Å². The second-order valence-electron chi connectivity index (χ2n) is 3.73. The quantitative estimate of drug-likeness (QED) is 0.709. The summed E-state index contributed by atoms with van der Waals surface area (Å²) in [5, 5.41) is 8.73. The molecule has 1 fully saturated rings. The number of hydrogen-bond acceptors (Lipinski definition) is 3. The van der Waals surface area contributed by atoms with E-state index in [1.165, 1.54) is 25.8 Å². The van der Waals surface area contributed by atoms with Crippen LogP contribution in [0.2, 0.25) is 0 Å². The lowest BCUT2D eigenvalue weighted by Crippen LogP contribution is -2.33. The molecule has 0 spiro atoms. The van der Waals surface area contributed by atoms with E-state index >= 15 is 0 Å². The molecule has 1 N–H and O–H groups in total. The normalized spacial score (nSPS) is 25.8. The molecule has 1 atom stereocenters. The van der Waals surface area contributed by atoms with Gasteiger partial charge in [0.15, 0.2) is 0 Å². The van der Waals surface area contributed by atoms with E-state index in [9.17, 15) is 0 Å². The van der Waals surface area contributed by atoms with Gasteiger partial charge in [-0.2, -0.15) is 0 Å².